The SMILES string of the molecule is Cc1ccc(OCC(=O)Nc2nc(C)cs2)c(Br)c1. The molecule has 0 aliphatic rings. The van der Waals surface area contributed by atoms with Crippen LogP contribution in [0.5, 0.6) is 5.75 Å². The van der Waals surface area contributed by atoms with Crippen LogP contribution in [0.15, 0.2) is 28.1 Å². The Balaban J connectivity index is 1.89. The zero-order valence-electron chi connectivity index (χ0n) is 10.6. The van der Waals surface area contributed by atoms with Crippen molar-refractivity contribution in [3.8, 4) is 5.75 Å². The van der Waals surface area contributed by atoms with Gasteiger partial charge in [-0.1, -0.05) is 6.07 Å². The number of aryl methyl sites for hydroxylation is 2. The zero-order valence-corrected chi connectivity index (χ0v) is 13.0. The molecule has 4 nitrogen and oxygen atoms in total. The summed E-state index contributed by atoms with van der Waals surface area (Å²) >= 11 is 4.80. The standard InChI is InChI=1S/C13H13BrN2O2S/c1-8-3-4-11(10(14)5-8)18-6-12(17)16-13-15-9(2)7-19-13/h3-5,7H,6H2,1-2H3,(H,15,16,17). The van der Waals surface area contributed by atoms with Crippen LogP contribution in [0.25, 0.3) is 0 Å². The van der Waals surface area contributed by atoms with E-state index >= 15 is 0 Å². The number of rotatable bonds is 4. The van der Waals surface area contributed by atoms with Gasteiger partial charge in [0.25, 0.3) is 5.91 Å². The van der Waals surface area contributed by atoms with Crippen molar-refractivity contribution in [1.82, 2.24) is 4.98 Å². The maximum atomic E-state index is 11.7. The van der Waals surface area contributed by atoms with Gasteiger partial charge in [0.1, 0.15) is 5.75 Å². The highest BCUT2D eigenvalue weighted by Crippen LogP contribution is 2.25. The van der Waals surface area contributed by atoms with Crippen LogP contribution in [0.1, 0.15) is 11.3 Å². The number of aromatic nitrogens is 1. The number of nitrogens with one attached hydrogen (secondary N) is 1. The lowest BCUT2D eigenvalue weighted by Gasteiger charge is -2.08. The van der Waals surface area contributed by atoms with E-state index in [1.807, 2.05) is 37.4 Å². The van der Waals surface area contributed by atoms with E-state index in [0.717, 1.165) is 15.7 Å². The number of benzene rings is 1. The molecule has 0 spiro atoms. The molecule has 0 saturated carbocycles. The van der Waals surface area contributed by atoms with Crippen LogP contribution in [0.4, 0.5) is 5.13 Å². The van der Waals surface area contributed by atoms with Crippen LogP contribution in [0, 0.1) is 13.8 Å². The number of thiazole rings is 1. The lowest BCUT2D eigenvalue weighted by atomic mass is 10.2. The minimum atomic E-state index is -0.221. The molecule has 6 heteroatoms. The van der Waals surface area contributed by atoms with E-state index < -0.39 is 0 Å². The van der Waals surface area contributed by atoms with Gasteiger partial charge in [-0.05, 0) is 47.5 Å². The summed E-state index contributed by atoms with van der Waals surface area (Å²) in [5, 5.41) is 5.17. The summed E-state index contributed by atoms with van der Waals surface area (Å²) in [6, 6.07) is 5.71. The third kappa shape index (κ3) is 4.04. The highest BCUT2D eigenvalue weighted by atomic mass is 79.9. The number of amides is 1. The molecule has 2 rings (SSSR count). The van der Waals surface area contributed by atoms with Crippen molar-refractivity contribution in [2.45, 2.75) is 13.8 Å². The molecule has 100 valence electrons. The van der Waals surface area contributed by atoms with Crippen LogP contribution < -0.4 is 10.1 Å². The quantitative estimate of drug-likeness (QED) is 0.925. The molecule has 0 aliphatic heterocycles. The molecule has 19 heavy (non-hydrogen) atoms. The molecule has 1 heterocycles. The summed E-state index contributed by atoms with van der Waals surface area (Å²) in [4.78, 5) is 15.8. The Morgan fingerprint density at radius 2 is 2.26 bits per heavy atom. The Morgan fingerprint density at radius 1 is 1.47 bits per heavy atom. The number of anilines is 1. The molecule has 0 unspecified atom stereocenters. The minimum absolute atomic E-state index is 0.0414. The van der Waals surface area contributed by atoms with Gasteiger partial charge in [-0.15, -0.1) is 11.3 Å². The van der Waals surface area contributed by atoms with E-state index in [4.69, 9.17) is 4.74 Å². The van der Waals surface area contributed by atoms with Crippen molar-refractivity contribution in [2.75, 3.05) is 11.9 Å². The fourth-order valence-electron chi connectivity index (χ4n) is 1.43. The average molecular weight is 341 g/mol. The van der Waals surface area contributed by atoms with E-state index in [1.165, 1.54) is 11.3 Å². The van der Waals surface area contributed by atoms with Crippen LogP contribution >= 0.6 is 27.3 Å². The van der Waals surface area contributed by atoms with Gasteiger partial charge in [0.05, 0.1) is 10.2 Å². The van der Waals surface area contributed by atoms with Gasteiger partial charge in [-0.25, -0.2) is 4.98 Å². The topological polar surface area (TPSA) is 51.2 Å². The van der Waals surface area contributed by atoms with Crippen molar-refractivity contribution < 1.29 is 9.53 Å². The third-order valence-corrected chi connectivity index (χ3v) is 3.81. The van der Waals surface area contributed by atoms with Crippen molar-refractivity contribution in [1.29, 1.82) is 0 Å². The molecular weight excluding hydrogens is 328 g/mol. The van der Waals surface area contributed by atoms with E-state index in [-0.39, 0.29) is 12.5 Å². The maximum Gasteiger partial charge on any atom is 0.264 e. The lowest BCUT2D eigenvalue weighted by molar-refractivity contribution is -0.118. The first kappa shape index (κ1) is 14.0. The van der Waals surface area contributed by atoms with Gasteiger partial charge < -0.3 is 4.74 Å². The van der Waals surface area contributed by atoms with Gasteiger partial charge in [0.2, 0.25) is 0 Å². The van der Waals surface area contributed by atoms with Crippen LogP contribution in [0.2, 0.25) is 0 Å². The van der Waals surface area contributed by atoms with Crippen LogP contribution in [-0.4, -0.2) is 17.5 Å². The summed E-state index contributed by atoms with van der Waals surface area (Å²) in [6.07, 6.45) is 0. The smallest absolute Gasteiger partial charge is 0.264 e. The number of halogens is 1. The second kappa shape index (κ2) is 6.16. The molecule has 0 saturated heterocycles. The van der Waals surface area contributed by atoms with Gasteiger partial charge >= 0.3 is 0 Å². The maximum absolute atomic E-state index is 11.7. The number of ether oxygens (including phenoxy) is 1. The average Bonchev–Trinajstić information content (AvgIpc) is 2.73. The molecule has 2 aromatic rings. The van der Waals surface area contributed by atoms with Crippen molar-refractivity contribution in [2.24, 2.45) is 0 Å². The fraction of sp³-hybridized carbons (Fsp3) is 0.231. The van der Waals surface area contributed by atoms with Gasteiger partial charge in [0.15, 0.2) is 11.7 Å². The van der Waals surface area contributed by atoms with E-state index in [1.54, 1.807) is 0 Å². The van der Waals surface area contributed by atoms with E-state index in [2.05, 4.69) is 26.2 Å². The number of carbonyl (C=O) groups excluding carboxylic acids is 1. The Morgan fingerprint density at radius 3 is 2.89 bits per heavy atom. The normalized spacial score (nSPS) is 10.3. The second-order valence-corrected chi connectivity index (χ2v) is 5.78. The summed E-state index contributed by atoms with van der Waals surface area (Å²) < 4.78 is 6.29. The first-order valence-corrected chi connectivity index (χ1v) is 7.33. The number of hydrogen-bond acceptors (Lipinski definition) is 4. The highest BCUT2D eigenvalue weighted by Gasteiger charge is 2.08. The second-order valence-electron chi connectivity index (χ2n) is 4.06. The Kier molecular flexibility index (Phi) is 4.55. The van der Waals surface area contributed by atoms with Gasteiger partial charge in [-0.2, -0.15) is 0 Å². The first-order chi connectivity index (χ1) is 9.04. The van der Waals surface area contributed by atoms with E-state index in [9.17, 15) is 4.79 Å². The molecule has 1 aromatic heterocycles. The Labute approximate surface area is 124 Å². The first-order valence-electron chi connectivity index (χ1n) is 5.65. The monoisotopic (exact) mass is 340 g/mol. The predicted molar refractivity (Wildman–Crippen MR) is 79.9 cm³/mol. The highest BCUT2D eigenvalue weighted by molar-refractivity contribution is 9.10. The zero-order chi connectivity index (χ0) is 13.8. The molecule has 1 amide bonds. The Hall–Kier alpha value is -1.40. The summed E-state index contributed by atoms with van der Waals surface area (Å²) in [5.74, 6) is 0.429. The van der Waals surface area contributed by atoms with E-state index in [0.29, 0.717) is 10.9 Å². The molecular formula is C13H13BrN2O2S. The molecule has 0 bridgehead atoms. The lowest BCUT2D eigenvalue weighted by Crippen LogP contribution is -2.20. The van der Waals surface area contributed by atoms with Gasteiger partial charge in [0, 0.05) is 5.38 Å². The molecule has 0 fully saturated rings. The number of nitrogens with zero attached hydrogens (tertiary/aromatic N) is 1. The Bertz CT molecular complexity index is 598. The predicted octanol–water partition coefficient (Wildman–Crippen LogP) is 3.54. The third-order valence-electron chi connectivity index (χ3n) is 2.31. The largest absolute Gasteiger partial charge is 0.483 e. The fourth-order valence-corrected chi connectivity index (χ4v) is 2.75. The van der Waals surface area contributed by atoms with Crippen molar-refractivity contribution >= 4 is 38.3 Å². The minimum Gasteiger partial charge on any atom is -0.483 e. The molecule has 0 aliphatic carbocycles. The number of carbonyl (C=O) groups is 1. The van der Waals surface area contributed by atoms with Crippen LogP contribution in [0.3, 0.4) is 0 Å². The number of hydrogen-bond donors (Lipinski definition) is 1. The van der Waals surface area contributed by atoms with Crippen molar-refractivity contribution in [3.05, 3.63) is 39.3 Å². The summed E-state index contributed by atoms with van der Waals surface area (Å²) in [5.41, 5.74) is 2.02. The molecule has 0 atom stereocenters. The summed E-state index contributed by atoms with van der Waals surface area (Å²) in [6.45, 7) is 3.83. The molecule has 1 aromatic carbocycles. The van der Waals surface area contributed by atoms with Gasteiger partial charge in [-0.3, -0.25) is 10.1 Å². The molecule has 1 N–H and O–H groups in total. The molecule has 0 radical (unpaired) electrons. The summed E-state index contributed by atoms with van der Waals surface area (Å²) in [7, 11) is 0. The van der Waals surface area contributed by atoms with Crippen molar-refractivity contribution in [3.63, 3.8) is 0 Å². The van der Waals surface area contributed by atoms with Crippen LogP contribution in [-0.2, 0) is 4.79 Å².